The molecule has 2 fully saturated rings. The molecule has 0 saturated carbocycles. The number of amides is 1. The fraction of sp³-hybridized carbons (Fsp3) is 0.692. The molecule has 1 amide bonds. The zero-order valence-electron chi connectivity index (χ0n) is 22.4. The van der Waals surface area contributed by atoms with Gasteiger partial charge in [0.2, 0.25) is 11.9 Å². The van der Waals surface area contributed by atoms with Crippen molar-refractivity contribution >= 4 is 23.5 Å². The van der Waals surface area contributed by atoms with Gasteiger partial charge in [-0.15, -0.1) is 0 Å². The van der Waals surface area contributed by atoms with E-state index in [-0.39, 0.29) is 18.1 Å². The predicted octanol–water partition coefficient (Wildman–Crippen LogP) is 3.70. The first-order chi connectivity index (χ1) is 17.4. The Balaban J connectivity index is 1.57. The van der Waals surface area contributed by atoms with E-state index >= 15 is 0 Å². The minimum atomic E-state index is -0.00711. The summed E-state index contributed by atoms with van der Waals surface area (Å²) in [6.45, 7) is 10.3. The van der Waals surface area contributed by atoms with Gasteiger partial charge in [-0.25, -0.2) is 4.98 Å². The van der Waals surface area contributed by atoms with Crippen molar-refractivity contribution in [3.63, 3.8) is 0 Å². The number of H-pyrrole nitrogens is 1. The number of anilines is 3. The lowest BCUT2D eigenvalue weighted by Gasteiger charge is -2.47. The topological polar surface area (TPSA) is 111 Å². The van der Waals surface area contributed by atoms with Crippen molar-refractivity contribution in [3.8, 4) is 0 Å². The highest BCUT2D eigenvalue weighted by atomic mass is 16.5. The molecular weight excluding hydrogens is 456 g/mol. The highest BCUT2D eigenvalue weighted by Crippen LogP contribution is 2.33. The van der Waals surface area contributed by atoms with Gasteiger partial charge in [-0.3, -0.25) is 14.8 Å². The number of ether oxygens (including phenoxy) is 1. The van der Waals surface area contributed by atoms with Gasteiger partial charge < -0.3 is 20.3 Å². The van der Waals surface area contributed by atoms with E-state index in [4.69, 9.17) is 14.7 Å². The Morgan fingerprint density at radius 3 is 2.50 bits per heavy atom. The highest BCUT2D eigenvalue weighted by Gasteiger charge is 2.37. The fourth-order valence-corrected chi connectivity index (χ4v) is 5.52. The number of aryl methyl sites for hydroxylation is 1. The van der Waals surface area contributed by atoms with E-state index < -0.39 is 0 Å². The standard InChI is InChI=1S/C26H42N8O2/c1-6-18-13-20(14-19(7-2)34(18)16-25(35)27-8-3)33(5)26-28-21(22-10-9-11-36-22)15-23(30-26)29-24-12-17(4)31-32-24/h12,15,18-20,22H,6-11,13-14,16H2,1-5H3,(H,27,35)(H2,28,29,30,31,32)/t18-,19+,20-,22?. The Hall–Kier alpha value is -2.72. The van der Waals surface area contributed by atoms with Crippen LogP contribution in [0.4, 0.5) is 17.6 Å². The Labute approximate surface area is 214 Å². The third-order valence-electron chi connectivity index (χ3n) is 7.49. The number of nitrogens with zero attached hydrogens (tertiary/aromatic N) is 5. The summed E-state index contributed by atoms with van der Waals surface area (Å²) >= 11 is 0. The quantitative estimate of drug-likeness (QED) is 0.455. The van der Waals surface area contributed by atoms with Gasteiger partial charge in [0.05, 0.1) is 18.3 Å². The molecule has 10 nitrogen and oxygen atoms in total. The van der Waals surface area contributed by atoms with Crippen molar-refractivity contribution in [2.75, 3.05) is 37.0 Å². The summed E-state index contributed by atoms with van der Waals surface area (Å²) in [5.74, 6) is 2.26. The second-order valence-corrected chi connectivity index (χ2v) is 10.0. The molecular formula is C26H42N8O2. The summed E-state index contributed by atoms with van der Waals surface area (Å²) in [6, 6.07) is 4.90. The minimum Gasteiger partial charge on any atom is -0.372 e. The molecule has 4 rings (SSSR count). The van der Waals surface area contributed by atoms with Gasteiger partial charge in [-0.2, -0.15) is 10.1 Å². The molecule has 3 N–H and O–H groups in total. The molecule has 2 aromatic heterocycles. The van der Waals surface area contributed by atoms with Gasteiger partial charge >= 0.3 is 0 Å². The first kappa shape index (κ1) is 26.3. The van der Waals surface area contributed by atoms with E-state index in [1.54, 1.807) is 0 Å². The van der Waals surface area contributed by atoms with Crippen LogP contribution in [-0.2, 0) is 9.53 Å². The maximum Gasteiger partial charge on any atom is 0.234 e. The molecule has 2 aromatic rings. The summed E-state index contributed by atoms with van der Waals surface area (Å²) < 4.78 is 5.97. The lowest BCUT2D eigenvalue weighted by molar-refractivity contribution is -0.124. The van der Waals surface area contributed by atoms with Crippen molar-refractivity contribution < 1.29 is 9.53 Å². The van der Waals surface area contributed by atoms with Crippen LogP contribution in [0.2, 0.25) is 0 Å². The molecule has 0 aromatic carbocycles. The van der Waals surface area contributed by atoms with E-state index in [1.165, 1.54) is 0 Å². The zero-order chi connectivity index (χ0) is 25.7. The first-order valence-corrected chi connectivity index (χ1v) is 13.5. The van der Waals surface area contributed by atoms with Crippen molar-refractivity contribution in [2.45, 2.75) is 90.4 Å². The van der Waals surface area contributed by atoms with Crippen molar-refractivity contribution in [1.82, 2.24) is 30.4 Å². The van der Waals surface area contributed by atoms with Gasteiger partial charge in [0.15, 0.2) is 5.82 Å². The van der Waals surface area contributed by atoms with Crippen LogP contribution in [-0.4, -0.2) is 75.8 Å². The number of likely N-dealkylation sites (tertiary alicyclic amines) is 1. The van der Waals surface area contributed by atoms with Crippen LogP contribution >= 0.6 is 0 Å². The van der Waals surface area contributed by atoms with Gasteiger partial charge in [-0.05, 0) is 52.4 Å². The zero-order valence-corrected chi connectivity index (χ0v) is 22.4. The van der Waals surface area contributed by atoms with Crippen LogP contribution < -0.4 is 15.5 Å². The van der Waals surface area contributed by atoms with Crippen LogP contribution in [0.25, 0.3) is 0 Å². The maximum atomic E-state index is 12.4. The SMILES string of the molecule is CCNC(=O)CN1[C@H](CC)C[C@@H](N(C)c2nc(Nc3cc(C)[nH]n3)cc(C3CCCO3)n2)C[C@@H]1CC. The van der Waals surface area contributed by atoms with Crippen LogP contribution in [0.5, 0.6) is 0 Å². The number of rotatable bonds is 10. The number of carbonyl (C=O) groups is 1. The van der Waals surface area contributed by atoms with Crippen LogP contribution in [0.1, 0.15) is 76.8 Å². The molecule has 198 valence electrons. The van der Waals surface area contributed by atoms with Gasteiger partial charge in [-0.1, -0.05) is 13.8 Å². The molecule has 0 spiro atoms. The predicted molar refractivity (Wildman–Crippen MR) is 142 cm³/mol. The smallest absolute Gasteiger partial charge is 0.234 e. The second-order valence-electron chi connectivity index (χ2n) is 10.0. The Morgan fingerprint density at radius 1 is 1.17 bits per heavy atom. The monoisotopic (exact) mass is 498 g/mol. The first-order valence-electron chi connectivity index (χ1n) is 13.5. The summed E-state index contributed by atoms with van der Waals surface area (Å²) in [6.07, 6.45) is 5.95. The molecule has 0 aliphatic carbocycles. The number of aromatic amines is 1. The normalized spacial score (nSPS) is 24.6. The number of piperidine rings is 1. The number of aromatic nitrogens is 4. The molecule has 1 unspecified atom stereocenters. The number of nitrogens with one attached hydrogen (secondary N) is 3. The van der Waals surface area contributed by atoms with Gasteiger partial charge in [0, 0.05) is 56.2 Å². The van der Waals surface area contributed by atoms with E-state index in [0.717, 1.165) is 68.2 Å². The number of carbonyl (C=O) groups excluding carboxylic acids is 1. The molecule has 2 saturated heterocycles. The maximum absolute atomic E-state index is 12.4. The summed E-state index contributed by atoms with van der Waals surface area (Å²) in [5, 5.41) is 13.6. The van der Waals surface area contributed by atoms with Crippen molar-refractivity contribution in [1.29, 1.82) is 0 Å². The Kier molecular flexibility index (Phi) is 8.79. The van der Waals surface area contributed by atoms with Gasteiger partial charge in [0.1, 0.15) is 5.82 Å². The van der Waals surface area contributed by atoms with Crippen molar-refractivity contribution in [3.05, 3.63) is 23.5 Å². The third kappa shape index (κ3) is 6.15. The lowest BCUT2D eigenvalue weighted by Crippen LogP contribution is -2.56. The average Bonchev–Trinajstić information content (AvgIpc) is 3.55. The molecule has 4 heterocycles. The van der Waals surface area contributed by atoms with Crippen LogP contribution in [0.15, 0.2) is 12.1 Å². The molecule has 36 heavy (non-hydrogen) atoms. The Bertz CT molecular complexity index is 992. The molecule has 0 bridgehead atoms. The molecule has 4 atom stereocenters. The van der Waals surface area contributed by atoms with E-state index in [9.17, 15) is 4.79 Å². The second kappa shape index (κ2) is 12.0. The van der Waals surface area contributed by atoms with E-state index in [2.05, 4.69) is 51.5 Å². The molecule has 0 radical (unpaired) electrons. The average molecular weight is 499 g/mol. The van der Waals surface area contributed by atoms with Crippen LogP contribution in [0.3, 0.4) is 0 Å². The highest BCUT2D eigenvalue weighted by molar-refractivity contribution is 5.78. The molecule has 2 aliphatic rings. The minimum absolute atomic E-state index is 0.00711. The van der Waals surface area contributed by atoms with E-state index in [1.807, 2.05) is 26.0 Å². The summed E-state index contributed by atoms with van der Waals surface area (Å²) in [7, 11) is 2.10. The summed E-state index contributed by atoms with van der Waals surface area (Å²) in [4.78, 5) is 26.9. The van der Waals surface area contributed by atoms with E-state index in [0.29, 0.717) is 31.1 Å². The largest absolute Gasteiger partial charge is 0.372 e. The third-order valence-corrected chi connectivity index (χ3v) is 7.49. The number of hydrogen-bond acceptors (Lipinski definition) is 8. The lowest BCUT2D eigenvalue weighted by atomic mass is 9.88. The molecule has 2 aliphatic heterocycles. The fourth-order valence-electron chi connectivity index (χ4n) is 5.52. The molecule has 10 heteroatoms. The number of hydrogen-bond donors (Lipinski definition) is 3. The van der Waals surface area contributed by atoms with Gasteiger partial charge in [0.25, 0.3) is 0 Å². The van der Waals surface area contributed by atoms with Crippen LogP contribution in [0, 0.1) is 6.92 Å². The summed E-state index contributed by atoms with van der Waals surface area (Å²) in [5.41, 5.74) is 1.89. The number of likely N-dealkylation sites (N-methyl/N-ethyl adjacent to an activating group) is 1. The Morgan fingerprint density at radius 2 is 1.92 bits per heavy atom. The van der Waals surface area contributed by atoms with Crippen molar-refractivity contribution in [2.24, 2.45) is 0 Å².